The number of imide groups is 1. The number of aromatic hydroxyl groups is 1. The number of aromatic nitrogens is 3. The number of anilines is 2. The molecule has 0 unspecified atom stereocenters. The number of likely N-dealkylation sites (tertiary alicyclic amines) is 1. The van der Waals surface area contributed by atoms with Crippen LogP contribution in [0.2, 0.25) is 0 Å². The molecular formula is C57H64F3N9O6. The SMILES string of the molecule is CCc1c(F)ccc2cc(O)cc(-c3ncc4c(N5CCC[C@]6(CCO6)C5)nc(OCC5(CN6CCC7(CC6)CC(F)(CN6CCN(c8ccc9c(c8)CN([C@H]8CCC(=O)NC8=O)C9=O)CC6)C7)CC5)nc4c3F)c12. The van der Waals surface area contributed by atoms with Crippen molar-refractivity contribution < 1.29 is 42.1 Å². The van der Waals surface area contributed by atoms with Crippen molar-refractivity contribution in [3.05, 3.63) is 77.0 Å². The van der Waals surface area contributed by atoms with Crippen LogP contribution >= 0.6 is 0 Å². The normalized spacial score (nSPS) is 25.2. The minimum Gasteiger partial charge on any atom is -0.508 e. The number of amides is 3. The average Bonchev–Trinajstić information content (AvgIpc) is 4.09. The lowest BCUT2D eigenvalue weighted by Crippen LogP contribution is -2.60. The fourth-order valence-corrected chi connectivity index (χ4v) is 14.0. The molecule has 13 rings (SSSR count). The van der Waals surface area contributed by atoms with Gasteiger partial charge < -0.3 is 34.2 Å². The maximum Gasteiger partial charge on any atom is 0.319 e. The topological polar surface area (TPSA) is 157 Å². The fourth-order valence-electron chi connectivity index (χ4n) is 14.0. The van der Waals surface area contributed by atoms with Gasteiger partial charge in [0, 0.05) is 100 Å². The fraction of sp³-hybridized carbons (Fsp3) is 0.544. The van der Waals surface area contributed by atoms with Gasteiger partial charge >= 0.3 is 6.01 Å². The van der Waals surface area contributed by atoms with Crippen LogP contribution in [0.3, 0.4) is 0 Å². The number of nitrogens with zero attached hydrogens (tertiary/aromatic N) is 8. The van der Waals surface area contributed by atoms with E-state index < -0.39 is 29.3 Å². The quantitative estimate of drug-likeness (QED) is 0.119. The Labute approximate surface area is 433 Å². The van der Waals surface area contributed by atoms with E-state index in [-0.39, 0.29) is 63.2 Å². The van der Waals surface area contributed by atoms with E-state index in [0.717, 1.165) is 102 Å². The maximum atomic E-state index is 17.3. The van der Waals surface area contributed by atoms with E-state index in [0.29, 0.717) is 98.2 Å². The second-order valence-corrected chi connectivity index (χ2v) is 23.4. The number of piperidine rings is 3. The van der Waals surface area contributed by atoms with Gasteiger partial charge in [-0.2, -0.15) is 9.97 Å². The van der Waals surface area contributed by atoms with Crippen molar-refractivity contribution in [1.29, 1.82) is 0 Å². The minimum atomic E-state index is -1.20. The lowest BCUT2D eigenvalue weighted by atomic mass is 9.55. The van der Waals surface area contributed by atoms with Gasteiger partial charge in [0.25, 0.3) is 5.91 Å². The summed E-state index contributed by atoms with van der Waals surface area (Å²) in [6.45, 7) is 10.7. The Morgan fingerprint density at radius 1 is 0.867 bits per heavy atom. The number of nitrogens with one attached hydrogen (secondary N) is 1. The zero-order valence-electron chi connectivity index (χ0n) is 42.6. The molecule has 5 aromatic rings. The second kappa shape index (κ2) is 18.3. The van der Waals surface area contributed by atoms with Crippen molar-refractivity contribution in [2.24, 2.45) is 10.8 Å². The molecule has 5 saturated heterocycles. The predicted molar refractivity (Wildman–Crippen MR) is 275 cm³/mol. The molecule has 18 heteroatoms. The van der Waals surface area contributed by atoms with Crippen LogP contribution in [-0.4, -0.2) is 148 Å². The van der Waals surface area contributed by atoms with Gasteiger partial charge in [-0.05, 0) is 141 Å². The molecule has 6 aliphatic heterocycles. The first-order chi connectivity index (χ1) is 36.2. The third kappa shape index (κ3) is 8.81. The summed E-state index contributed by atoms with van der Waals surface area (Å²) in [5, 5.41) is 14.7. The Morgan fingerprint density at radius 2 is 1.65 bits per heavy atom. The van der Waals surface area contributed by atoms with Gasteiger partial charge in [-0.1, -0.05) is 13.0 Å². The van der Waals surface area contributed by atoms with Crippen LogP contribution in [-0.2, 0) is 27.3 Å². The maximum absolute atomic E-state index is 17.3. The minimum absolute atomic E-state index is 0.0194. The molecule has 2 aromatic heterocycles. The Balaban J connectivity index is 0.638. The number of rotatable bonds is 12. The van der Waals surface area contributed by atoms with E-state index in [1.807, 2.05) is 25.1 Å². The van der Waals surface area contributed by atoms with Crippen molar-refractivity contribution >= 4 is 50.9 Å². The molecule has 8 heterocycles. The van der Waals surface area contributed by atoms with E-state index in [2.05, 4.69) is 29.9 Å². The molecule has 8 aliphatic rings. The smallest absolute Gasteiger partial charge is 0.319 e. The number of carbonyl (C=O) groups is 3. The van der Waals surface area contributed by atoms with Crippen molar-refractivity contribution in [3.63, 3.8) is 0 Å². The number of carbonyl (C=O) groups excluding carboxylic acids is 3. The number of halogens is 3. The van der Waals surface area contributed by atoms with Gasteiger partial charge in [0.15, 0.2) is 5.82 Å². The van der Waals surface area contributed by atoms with Crippen LogP contribution in [0, 0.1) is 22.5 Å². The van der Waals surface area contributed by atoms with Crippen molar-refractivity contribution in [3.8, 4) is 23.0 Å². The first-order valence-electron chi connectivity index (χ1n) is 27.2. The van der Waals surface area contributed by atoms with Crippen molar-refractivity contribution in [2.75, 3.05) is 88.5 Å². The summed E-state index contributed by atoms with van der Waals surface area (Å²) in [6, 6.07) is 11.2. The molecule has 3 aromatic carbocycles. The standard InChI is InChI=1S/C57H64F3N9O6/c1-2-39-43(58)7-4-35-25-38(70)26-41(46(35)39)48-47(59)49-42(27-61-48)50(68-16-3-10-57(33-68)15-23-75-57)64-53(63-49)74-34-55(11-12-55)31-65-17-13-54(14-18-65)29-56(60,30-54)32-66-19-21-67(22-20-66)37-5-6-40-36(24-37)28-69(52(40)73)44-8-9-45(71)62-51(44)72/h4-7,24-27,44,70H,2-3,8-23,28-34H2,1H3,(H,62,71,72)/t44-,57-/m0/s1. The summed E-state index contributed by atoms with van der Waals surface area (Å²) >= 11 is 0. The summed E-state index contributed by atoms with van der Waals surface area (Å²) in [4.78, 5) is 62.6. The molecule has 0 radical (unpaired) electrons. The summed E-state index contributed by atoms with van der Waals surface area (Å²) in [7, 11) is 0. The summed E-state index contributed by atoms with van der Waals surface area (Å²) in [5.41, 5.74) is 1.67. The highest BCUT2D eigenvalue weighted by atomic mass is 19.1. The Kier molecular flexibility index (Phi) is 11.8. The van der Waals surface area contributed by atoms with Crippen molar-refractivity contribution in [1.82, 2.24) is 35.0 Å². The first kappa shape index (κ1) is 48.5. The Bertz CT molecular complexity index is 3140. The molecule has 75 heavy (non-hydrogen) atoms. The van der Waals surface area contributed by atoms with E-state index in [1.54, 1.807) is 23.2 Å². The van der Waals surface area contributed by atoms with Crippen molar-refractivity contribution in [2.45, 2.75) is 108 Å². The van der Waals surface area contributed by atoms with E-state index in [9.17, 15) is 19.5 Å². The molecule has 2 spiro atoms. The summed E-state index contributed by atoms with van der Waals surface area (Å²) in [5.74, 6) is -1.54. The molecule has 394 valence electrons. The molecule has 2 atom stereocenters. The Hall–Kier alpha value is -6.11. The highest BCUT2D eigenvalue weighted by Crippen LogP contribution is 2.58. The zero-order chi connectivity index (χ0) is 51.4. The largest absolute Gasteiger partial charge is 0.508 e. The molecular weight excluding hydrogens is 964 g/mol. The monoisotopic (exact) mass is 1030 g/mol. The molecule has 3 amide bonds. The number of fused-ring (bicyclic) bond motifs is 3. The molecule has 7 fully saturated rings. The number of ether oxygens (including phenoxy) is 2. The van der Waals surface area contributed by atoms with Gasteiger partial charge in [-0.3, -0.25) is 29.6 Å². The third-order valence-corrected chi connectivity index (χ3v) is 18.3. The molecule has 2 N–H and O–H groups in total. The number of alkyl halides is 1. The van der Waals surface area contributed by atoms with Crippen LogP contribution in [0.5, 0.6) is 11.8 Å². The van der Waals surface area contributed by atoms with Crippen LogP contribution in [0.4, 0.5) is 24.7 Å². The molecule has 2 aliphatic carbocycles. The van der Waals surface area contributed by atoms with Crippen LogP contribution in [0.15, 0.2) is 48.7 Å². The van der Waals surface area contributed by atoms with Crippen LogP contribution in [0.25, 0.3) is 32.9 Å². The molecule has 2 saturated carbocycles. The second-order valence-electron chi connectivity index (χ2n) is 23.4. The average molecular weight is 1030 g/mol. The van der Waals surface area contributed by atoms with Gasteiger partial charge in [-0.25, -0.2) is 13.2 Å². The van der Waals surface area contributed by atoms with Gasteiger partial charge in [0.2, 0.25) is 11.8 Å². The third-order valence-electron chi connectivity index (χ3n) is 18.3. The van der Waals surface area contributed by atoms with Crippen LogP contribution in [0.1, 0.15) is 99.0 Å². The number of piperazine rings is 1. The summed E-state index contributed by atoms with van der Waals surface area (Å²) < 4.78 is 61.7. The van der Waals surface area contributed by atoms with E-state index >= 15 is 13.2 Å². The lowest BCUT2D eigenvalue weighted by Gasteiger charge is -2.57. The number of pyridine rings is 1. The number of hydrogen-bond donors (Lipinski definition) is 2. The van der Waals surface area contributed by atoms with Gasteiger partial charge in [0.05, 0.1) is 24.2 Å². The molecule has 0 bridgehead atoms. The highest BCUT2D eigenvalue weighted by molar-refractivity contribution is 6.06. The Morgan fingerprint density at radius 3 is 2.39 bits per heavy atom. The number of phenolic OH excluding ortho intramolecular Hbond substituents is 1. The predicted octanol–water partition coefficient (Wildman–Crippen LogP) is 7.48. The van der Waals surface area contributed by atoms with E-state index in [1.165, 1.54) is 12.1 Å². The van der Waals surface area contributed by atoms with Gasteiger partial charge in [-0.15, -0.1) is 0 Å². The van der Waals surface area contributed by atoms with Crippen LogP contribution < -0.4 is 19.9 Å². The number of aryl methyl sites for hydroxylation is 1. The molecule has 15 nitrogen and oxygen atoms in total. The van der Waals surface area contributed by atoms with Gasteiger partial charge in [0.1, 0.15) is 40.3 Å². The number of hydrogen-bond acceptors (Lipinski definition) is 13. The highest BCUT2D eigenvalue weighted by Gasteiger charge is 2.57. The first-order valence-corrected chi connectivity index (χ1v) is 27.2. The number of benzene rings is 3. The van der Waals surface area contributed by atoms with E-state index in [4.69, 9.17) is 19.4 Å². The summed E-state index contributed by atoms with van der Waals surface area (Å²) in [6.07, 6.45) is 10.3. The lowest BCUT2D eigenvalue weighted by molar-refractivity contribution is -0.151. The number of phenols is 1. The zero-order valence-corrected chi connectivity index (χ0v) is 42.6.